The summed E-state index contributed by atoms with van der Waals surface area (Å²) in [6, 6.07) is 0. The van der Waals surface area contributed by atoms with Gasteiger partial charge in [0.2, 0.25) is 0 Å². The van der Waals surface area contributed by atoms with Gasteiger partial charge in [-0.15, -0.1) is 0 Å². The van der Waals surface area contributed by atoms with Crippen LogP contribution in [0.5, 0.6) is 0 Å². The van der Waals surface area contributed by atoms with Crippen LogP contribution >= 0.6 is 0 Å². The fourth-order valence-corrected chi connectivity index (χ4v) is 2.38. The second-order valence-corrected chi connectivity index (χ2v) is 6.63. The molecular weight excluding hydrogens is 248 g/mol. The average Bonchev–Trinajstić information content (AvgIpc) is 2.26. The van der Waals surface area contributed by atoms with Crippen LogP contribution in [-0.2, 0) is 9.59 Å². The third kappa shape index (κ3) is 12.1. The smallest absolute Gasteiger partial charge is 0.133 e. The van der Waals surface area contributed by atoms with Crippen molar-refractivity contribution in [3.63, 3.8) is 0 Å². The van der Waals surface area contributed by atoms with Crippen LogP contribution in [0.25, 0.3) is 0 Å². The van der Waals surface area contributed by atoms with Crippen LogP contribution in [-0.4, -0.2) is 11.6 Å². The highest BCUT2D eigenvalue weighted by Crippen LogP contribution is 2.17. The van der Waals surface area contributed by atoms with E-state index in [9.17, 15) is 9.59 Å². The quantitative estimate of drug-likeness (QED) is 0.493. The van der Waals surface area contributed by atoms with Crippen molar-refractivity contribution >= 4 is 11.6 Å². The van der Waals surface area contributed by atoms with Crippen LogP contribution in [0.1, 0.15) is 79.6 Å². The Kier molecular flexibility index (Phi) is 10.3. The molecule has 1 atom stereocenters. The predicted octanol–water partition coefficient (Wildman–Crippen LogP) is 5.11. The van der Waals surface area contributed by atoms with Gasteiger partial charge in [0.15, 0.2) is 0 Å². The maximum absolute atomic E-state index is 11.7. The molecule has 0 saturated carbocycles. The molecule has 2 nitrogen and oxygen atoms in total. The van der Waals surface area contributed by atoms with Crippen molar-refractivity contribution in [3.05, 3.63) is 11.6 Å². The zero-order chi connectivity index (χ0) is 15.5. The number of carbonyl (C=O) groups is 2. The highest BCUT2D eigenvalue weighted by atomic mass is 16.1. The molecule has 0 aromatic carbocycles. The lowest BCUT2D eigenvalue weighted by Crippen LogP contribution is -2.08. The van der Waals surface area contributed by atoms with E-state index in [-0.39, 0.29) is 5.78 Å². The Bertz CT molecular complexity index is 326. The van der Waals surface area contributed by atoms with Gasteiger partial charge >= 0.3 is 0 Å². The predicted molar refractivity (Wildman–Crippen MR) is 85.8 cm³/mol. The summed E-state index contributed by atoms with van der Waals surface area (Å²) in [5.74, 6) is 1.62. The summed E-state index contributed by atoms with van der Waals surface area (Å²) in [5.41, 5.74) is 1.37. The van der Waals surface area contributed by atoms with Crippen molar-refractivity contribution < 1.29 is 9.59 Å². The van der Waals surface area contributed by atoms with Gasteiger partial charge in [0, 0.05) is 19.3 Å². The van der Waals surface area contributed by atoms with E-state index < -0.39 is 0 Å². The molecule has 0 aromatic rings. The lowest BCUT2D eigenvalue weighted by atomic mass is 9.93. The Hall–Kier alpha value is -0.920. The molecule has 2 heteroatoms. The van der Waals surface area contributed by atoms with E-state index in [1.54, 1.807) is 6.92 Å². The number of hydrogen-bond donors (Lipinski definition) is 0. The third-order valence-corrected chi connectivity index (χ3v) is 3.47. The molecule has 0 rings (SSSR count). The van der Waals surface area contributed by atoms with E-state index in [2.05, 4.69) is 33.8 Å². The van der Waals surface area contributed by atoms with E-state index in [0.29, 0.717) is 30.5 Å². The molecule has 20 heavy (non-hydrogen) atoms. The summed E-state index contributed by atoms with van der Waals surface area (Å²) in [6.45, 7) is 10.1. The van der Waals surface area contributed by atoms with Gasteiger partial charge in [0.05, 0.1) is 0 Å². The van der Waals surface area contributed by atoms with Gasteiger partial charge in [-0.2, -0.15) is 0 Å². The topological polar surface area (TPSA) is 34.1 Å². The monoisotopic (exact) mass is 280 g/mol. The second kappa shape index (κ2) is 10.8. The molecule has 116 valence electrons. The molecule has 0 amide bonds. The number of allylic oxidation sites excluding steroid dienone is 2. The van der Waals surface area contributed by atoms with E-state index in [0.717, 1.165) is 32.1 Å². The van der Waals surface area contributed by atoms with Gasteiger partial charge in [-0.1, -0.05) is 32.4 Å². The standard InChI is InChI=1S/C18H32O2/c1-14(2)12-18(20)13-16(4)10-6-8-15(3)9-7-11-17(5)19/h9,14,16H,6-8,10-13H2,1-5H3. The van der Waals surface area contributed by atoms with Crippen molar-refractivity contribution in [1.82, 2.24) is 0 Å². The molecule has 0 bridgehead atoms. The molecule has 0 radical (unpaired) electrons. The number of rotatable bonds is 11. The first-order valence-corrected chi connectivity index (χ1v) is 7.98. The van der Waals surface area contributed by atoms with Crippen LogP contribution in [0.3, 0.4) is 0 Å². The summed E-state index contributed by atoms with van der Waals surface area (Å²) in [7, 11) is 0. The van der Waals surface area contributed by atoms with Gasteiger partial charge in [0.25, 0.3) is 0 Å². The fraction of sp³-hybridized carbons (Fsp3) is 0.778. The Morgan fingerprint density at radius 3 is 2.20 bits per heavy atom. The summed E-state index contributed by atoms with van der Waals surface area (Å²) < 4.78 is 0. The van der Waals surface area contributed by atoms with Crippen molar-refractivity contribution in [1.29, 1.82) is 0 Å². The Morgan fingerprint density at radius 1 is 1.00 bits per heavy atom. The molecule has 0 fully saturated rings. The molecular formula is C18H32O2. The average molecular weight is 280 g/mol. The molecule has 0 aromatic heterocycles. The number of carbonyl (C=O) groups excluding carboxylic acids is 2. The second-order valence-electron chi connectivity index (χ2n) is 6.63. The minimum absolute atomic E-state index is 0.256. The SMILES string of the molecule is CC(=O)CCC=C(C)CCCC(C)CC(=O)CC(C)C. The van der Waals surface area contributed by atoms with Crippen molar-refractivity contribution in [2.75, 3.05) is 0 Å². The zero-order valence-electron chi connectivity index (χ0n) is 14.0. The Morgan fingerprint density at radius 2 is 1.65 bits per heavy atom. The van der Waals surface area contributed by atoms with E-state index in [4.69, 9.17) is 0 Å². The van der Waals surface area contributed by atoms with Crippen molar-refractivity contribution in [3.8, 4) is 0 Å². The van der Waals surface area contributed by atoms with Gasteiger partial charge in [-0.3, -0.25) is 4.79 Å². The molecule has 0 saturated heterocycles. The summed E-state index contributed by atoms with van der Waals surface area (Å²) >= 11 is 0. The lowest BCUT2D eigenvalue weighted by molar-refractivity contribution is -0.120. The molecule has 0 aliphatic rings. The van der Waals surface area contributed by atoms with E-state index in [1.165, 1.54) is 5.57 Å². The highest BCUT2D eigenvalue weighted by Gasteiger charge is 2.10. The summed E-state index contributed by atoms with van der Waals surface area (Å²) in [4.78, 5) is 22.6. The van der Waals surface area contributed by atoms with Gasteiger partial charge in [-0.25, -0.2) is 0 Å². The minimum Gasteiger partial charge on any atom is -0.300 e. The van der Waals surface area contributed by atoms with Gasteiger partial charge < -0.3 is 4.79 Å². The third-order valence-electron chi connectivity index (χ3n) is 3.47. The van der Waals surface area contributed by atoms with E-state index in [1.807, 2.05) is 0 Å². The first kappa shape index (κ1) is 19.1. The zero-order valence-corrected chi connectivity index (χ0v) is 14.0. The summed E-state index contributed by atoms with van der Waals surface area (Å²) in [5, 5.41) is 0. The van der Waals surface area contributed by atoms with Crippen molar-refractivity contribution in [2.24, 2.45) is 11.8 Å². The number of hydrogen-bond acceptors (Lipinski definition) is 2. The molecule has 0 aliphatic carbocycles. The highest BCUT2D eigenvalue weighted by molar-refractivity contribution is 5.78. The van der Waals surface area contributed by atoms with Crippen LogP contribution in [0.4, 0.5) is 0 Å². The lowest BCUT2D eigenvalue weighted by Gasteiger charge is -2.11. The minimum atomic E-state index is 0.256. The van der Waals surface area contributed by atoms with E-state index >= 15 is 0 Å². The number of ketones is 2. The molecule has 0 N–H and O–H groups in total. The first-order chi connectivity index (χ1) is 9.31. The van der Waals surface area contributed by atoms with Crippen LogP contribution in [0, 0.1) is 11.8 Å². The Balaban J connectivity index is 3.77. The maximum Gasteiger partial charge on any atom is 0.133 e. The van der Waals surface area contributed by atoms with Gasteiger partial charge in [0.1, 0.15) is 11.6 Å². The normalized spacial score (nSPS) is 13.6. The van der Waals surface area contributed by atoms with Crippen LogP contribution < -0.4 is 0 Å². The largest absolute Gasteiger partial charge is 0.300 e. The Labute approximate surface area is 125 Å². The van der Waals surface area contributed by atoms with Crippen molar-refractivity contribution in [2.45, 2.75) is 79.6 Å². The fourth-order valence-electron chi connectivity index (χ4n) is 2.38. The molecule has 0 heterocycles. The van der Waals surface area contributed by atoms with Crippen LogP contribution in [0.15, 0.2) is 11.6 Å². The van der Waals surface area contributed by atoms with Crippen LogP contribution in [0.2, 0.25) is 0 Å². The first-order valence-electron chi connectivity index (χ1n) is 7.98. The molecule has 1 unspecified atom stereocenters. The van der Waals surface area contributed by atoms with Gasteiger partial charge in [-0.05, 0) is 51.4 Å². The summed E-state index contributed by atoms with van der Waals surface area (Å²) in [6.07, 6.45) is 8.47. The maximum atomic E-state index is 11.7. The molecule has 0 aliphatic heterocycles. The number of Topliss-reactive ketones (excluding diaryl/α,β-unsaturated/α-hetero) is 2. The molecule has 0 spiro atoms.